The van der Waals surface area contributed by atoms with Crippen LogP contribution in [0.2, 0.25) is 0 Å². The van der Waals surface area contributed by atoms with E-state index in [9.17, 15) is 19.5 Å². The zero-order valence-corrected chi connectivity index (χ0v) is 19.7. The van der Waals surface area contributed by atoms with Crippen molar-refractivity contribution in [2.24, 2.45) is 0 Å². The number of nitrogens with zero attached hydrogens (tertiary/aromatic N) is 2. The van der Waals surface area contributed by atoms with Crippen LogP contribution in [0.25, 0.3) is 5.76 Å². The summed E-state index contributed by atoms with van der Waals surface area (Å²) < 4.78 is 10.0. The van der Waals surface area contributed by atoms with Crippen LogP contribution in [0.5, 0.6) is 5.75 Å². The van der Waals surface area contributed by atoms with E-state index < -0.39 is 23.7 Å². The summed E-state index contributed by atoms with van der Waals surface area (Å²) in [6.45, 7) is 4.16. The molecule has 1 aromatic carbocycles. The number of benzene rings is 1. The van der Waals surface area contributed by atoms with Gasteiger partial charge in [-0.3, -0.25) is 9.59 Å². The van der Waals surface area contributed by atoms with Gasteiger partial charge in [0.25, 0.3) is 11.7 Å². The van der Waals surface area contributed by atoms with E-state index in [1.807, 2.05) is 19.0 Å². The normalized spacial score (nSPS) is 17.7. The number of Topliss-reactive ketones (excluding diaryl/α,β-unsaturated/α-hetero) is 1. The number of aliphatic hydroxyl groups is 1. The highest BCUT2D eigenvalue weighted by molar-refractivity contribution is 6.46. The number of hydrogen-bond donors (Lipinski definition) is 2. The number of likely N-dealkylation sites (N-methyl/N-ethyl adjacent to an activating group) is 1. The number of ether oxygens (including phenoxy) is 2. The van der Waals surface area contributed by atoms with Crippen LogP contribution in [-0.4, -0.2) is 79.0 Å². The maximum atomic E-state index is 13.2. The van der Waals surface area contributed by atoms with E-state index in [4.69, 9.17) is 9.47 Å². The summed E-state index contributed by atoms with van der Waals surface area (Å²) >= 11 is 0. The lowest BCUT2D eigenvalue weighted by Crippen LogP contribution is -2.35. The number of carbonyl (C=O) groups excluding carboxylic acids is 3. The van der Waals surface area contributed by atoms with Crippen LogP contribution in [-0.2, 0) is 14.3 Å². The van der Waals surface area contributed by atoms with Crippen molar-refractivity contribution < 1.29 is 29.0 Å². The summed E-state index contributed by atoms with van der Waals surface area (Å²) in [6.07, 6.45) is 0. The Morgan fingerprint density at radius 1 is 1.15 bits per heavy atom. The van der Waals surface area contributed by atoms with Crippen molar-refractivity contribution in [3.8, 4) is 5.75 Å². The number of amides is 1. The first kappa shape index (κ1) is 24.1. The quantitative estimate of drug-likeness (QED) is 0.285. The highest BCUT2D eigenvalue weighted by Gasteiger charge is 2.46. The number of aromatic amines is 1. The second-order valence-corrected chi connectivity index (χ2v) is 8.19. The van der Waals surface area contributed by atoms with E-state index >= 15 is 0 Å². The van der Waals surface area contributed by atoms with Crippen molar-refractivity contribution in [1.29, 1.82) is 0 Å². The molecule has 1 aromatic heterocycles. The number of H-pyrrole nitrogens is 1. The summed E-state index contributed by atoms with van der Waals surface area (Å²) in [5, 5.41) is 11.3. The topological polar surface area (TPSA) is 112 Å². The zero-order chi connectivity index (χ0) is 24.4. The van der Waals surface area contributed by atoms with Gasteiger partial charge in [-0.1, -0.05) is 12.1 Å². The Hall–Kier alpha value is -3.59. The Balaban J connectivity index is 2.21. The maximum absolute atomic E-state index is 13.2. The molecule has 1 atom stereocenters. The van der Waals surface area contributed by atoms with E-state index in [0.29, 0.717) is 41.2 Å². The molecule has 1 amide bonds. The van der Waals surface area contributed by atoms with E-state index in [1.165, 1.54) is 12.0 Å². The van der Waals surface area contributed by atoms with Gasteiger partial charge in [0.1, 0.15) is 17.2 Å². The molecule has 1 aliphatic heterocycles. The highest BCUT2D eigenvalue weighted by Crippen LogP contribution is 2.41. The summed E-state index contributed by atoms with van der Waals surface area (Å²) in [6, 6.07) is 6.23. The molecule has 0 saturated carbocycles. The molecule has 9 nitrogen and oxygen atoms in total. The molecule has 1 aliphatic rings. The van der Waals surface area contributed by atoms with Crippen LogP contribution in [0.1, 0.15) is 38.9 Å². The Morgan fingerprint density at radius 3 is 2.33 bits per heavy atom. The summed E-state index contributed by atoms with van der Waals surface area (Å²) in [7, 11) is 6.56. The van der Waals surface area contributed by atoms with Gasteiger partial charge in [0.05, 0.1) is 25.8 Å². The Bertz CT molecular complexity index is 1110. The number of hydrogen-bond acceptors (Lipinski definition) is 7. The number of rotatable bonds is 7. The smallest absolute Gasteiger partial charge is 0.354 e. The molecule has 0 aliphatic carbocycles. The van der Waals surface area contributed by atoms with Crippen LogP contribution in [0.3, 0.4) is 0 Å². The first-order valence-electron chi connectivity index (χ1n) is 10.5. The SMILES string of the molecule is COC(=O)c1[nH]c(C)c(/C(O)=C2\C(=O)C(=O)N(CCN(C)C)[C@@H]2c2ccc(OC)cc2)c1C. The van der Waals surface area contributed by atoms with Gasteiger partial charge in [0, 0.05) is 24.3 Å². The number of methoxy groups -OCH3 is 2. The van der Waals surface area contributed by atoms with Gasteiger partial charge in [-0.25, -0.2) is 4.79 Å². The molecule has 3 rings (SSSR count). The number of aryl methyl sites for hydroxylation is 1. The summed E-state index contributed by atoms with van der Waals surface area (Å²) in [4.78, 5) is 44.6. The number of aliphatic hydroxyl groups excluding tert-OH is 1. The van der Waals surface area contributed by atoms with Crippen molar-refractivity contribution >= 4 is 23.4 Å². The molecule has 1 fully saturated rings. The van der Waals surface area contributed by atoms with Crippen LogP contribution in [0.4, 0.5) is 0 Å². The van der Waals surface area contributed by atoms with Crippen molar-refractivity contribution in [2.75, 3.05) is 41.4 Å². The predicted molar refractivity (Wildman–Crippen MR) is 122 cm³/mol. The Kier molecular flexibility index (Phi) is 6.92. The second-order valence-electron chi connectivity index (χ2n) is 8.19. The Labute approximate surface area is 192 Å². The first-order chi connectivity index (χ1) is 15.6. The minimum atomic E-state index is -0.786. The average molecular weight is 456 g/mol. The van der Waals surface area contributed by atoms with Crippen molar-refractivity contribution in [3.05, 3.63) is 57.9 Å². The van der Waals surface area contributed by atoms with Crippen LogP contribution >= 0.6 is 0 Å². The fourth-order valence-corrected chi connectivity index (χ4v) is 4.10. The minimum Gasteiger partial charge on any atom is -0.507 e. The van der Waals surface area contributed by atoms with Gasteiger partial charge in [-0.2, -0.15) is 0 Å². The van der Waals surface area contributed by atoms with Crippen molar-refractivity contribution in [1.82, 2.24) is 14.8 Å². The van der Waals surface area contributed by atoms with Gasteiger partial charge in [-0.05, 0) is 51.2 Å². The number of aromatic nitrogens is 1. The number of likely N-dealkylation sites (tertiary alicyclic amines) is 1. The second kappa shape index (κ2) is 9.50. The standard InChI is InChI=1S/C24H29N3O6/c1-13-17(14(2)25-19(13)24(31)33-6)21(28)18-20(15-7-9-16(32-5)10-8-15)27(12-11-26(3)4)23(30)22(18)29/h7-10,20,25,28H,11-12H2,1-6H3/b21-18+/t20-/m1/s1. The number of esters is 1. The molecule has 2 aromatic rings. The van der Waals surface area contributed by atoms with Crippen LogP contribution in [0, 0.1) is 13.8 Å². The van der Waals surface area contributed by atoms with E-state index in [1.54, 1.807) is 45.2 Å². The van der Waals surface area contributed by atoms with E-state index in [2.05, 4.69) is 4.98 Å². The summed E-state index contributed by atoms with van der Waals surface area (Å²) in [5.74, 6) is -1.75. The third-order valence-corrected chi connectivity index (χ3v) is 5.82. The van der Waals surface area contributed by atoms with Gasteiger partial charge in [0.2, 0.25) is 0 Å². The highest BCUT2D eigenvalue weighted by atomic mass is 16.5. The fourth-order valence-electron chi connectivity index (χ4n) is 4.10. The lowest BCUT2D eigenvalue weighted by atomic mass is 9.94. The van der Waals surface area contributed by atoms with Crippen molar-refractivity contribution in [3.63, 3.8) is 0 Å². The zero-order valence-electron chi connectivity index (χ0n) is 19.7. The molecular weight excluding hydrogens is 426 g/mol. The van der Waals surface area contributed by atoms with E-state index in [-0.39, 0.29) is 17.0 Å². The molecule has 2 N–H and O–H groups in total. The molecule has 2 heterocycles. The molecule has 0 bridgehead atoms. The molecule has 9 heteroatoms. The number of ketones is 1. The van der Waals surface area contributed by atoms with Gasteiger partial charge in [-0.15, -0.1) is 0 Å². The molecular formula is C24H29N3O6. The van der Waals surface area contributed by atoms with Gasteiger partial charge in [0.15, 0.2) is 0 Å². The van der Waals surface area contributed by atoms with Gasteiger partial charge < -0.3 is 29.4 Å². The predicted octanol–water partition coefficient (Wildman–Crippen LogP) is 2.41. The third-order valence-electron chi connectivity index (χ3n) is 5.82. The first-order valence-corrected chi connectivity index (χ1v) is 10.5. The molecule has 0 spiro atoms. The minimum absolute atomic E-state index is 0.0226. The number of nitrogens with one attached hydrogen (secondary N) is 1. The third kappa shape index (κ3) is 4.36. The molecule has 1 saturated heterocycles. The molecule has 0 unspecified atom stereocenters. The Morgan fingerprint density at radius 2 is 1.79 bits per heavy atom. The average Bonchev–Trinajstić information content (AvgIpc) is 3.23. The van der Waals surface area contributed by atoms with Gasteiger partial charge >= 0.3 is 5.97 Å². The fraction of sp³-hybridized carbons (Fsp3) is 0.375. The monoisotopic (exact) mass is 455 g/mol. The lowest BCUT2D eigenvalue weighted by Gasteiger charge is -2.26. The van der Waals surface area contributed by atoms with E-state index in [0.717, 1.165) is 0 Å². The molecule has 33 heavy (non-hydrogen) atoms. The lowest BCUT2D eigenvalue weighted by molar-refractivity contribution is -0.140. The molecule has 0 radical (unpaired) electrons. The maximum Gasteiger partial charge on any atom is 0.354 e. The van der Waals surface area contributed by atoms with Crippen LogP contribution < -0.4 is 4.74 Å². The number of carbonyl (C=O) groups is 3. The summed E-state index contributed by atoms with van der Waals surface area (Å²) in [5.41, 5.74) is 2.04. The van der Waals surface area contributed by atoms with Crippen LogP contribution in [0.15, 0.2) is 29.8 Å². The largest absolute Gasteiger partial charge is 0.507 e. The van der Waals surface area contributed by atoms with Crippen molar-refractivity contribution in [2.45, 2.75) is 19.9 Å². The molecule has 176 valence electrons.